The first kappa shape index (κ1) is 17.9. The number of para-hydroxylation sites is 2. The molecule has 7 heteroatoms. The molecule has 1 spiro atoms. The molecule has 2 aliphatic heterocycles. The SMILES string of the molecule is CN(C)CCCN1CN=C2NC3(CCCCC3)n3c(nc4ccccc43)N2C1. The zero-order chi connectivity index (χ0) is 19.1. The Balaban J connectivity index is 1.51. The van der Waals surface area contributed by atoms with Gasteiger partial charge < -0.3 is 10.2 Å². The molecule has 28 heavy (non-hydrogen) atoms. The molecule has 0 amide bonds. The van der Waals surface area contributed by atoms with E-state index < -0.39 is 0 Å². The Labute approximate surface area is 167 Å². The highest BCUT2D eigenvalue weighted by atomic mass is 15.6. The van der Waals surface area contributed by atoms with E-state index in [-0.39, 0.29) is 5.66 Å². The summed E-state index contributed by atoms with van der Waals surface area (Å²) in [4.78, 5) is 16.9. The molecule has 0 atom stereocenters. The van der Waals surface area contributed by atoms with Crippen LogP contribution in [0, 0.1) is 0 Å². The summed E-state index contributed by atoms with van der Waals surface area (Å²) in [5.41, 5.74) is 2.23. The Kier molecular flexibility index (Phi) is 4.51. The minimum atomic E-state index is -0.0773. The third kappa shape index (κ3) is 2.97. The van der Waals surface area contributed by atoms with Gasteiger partial charge in [-0.25, -0.2) is 9.98 Å². The molecule has 1 aromatic heterocycles. The summed E-state index contributed by atoms with van der Waals surface area (Å²) in [5, 5.41) is 3.86. The highest BCUT2D eigenvalue weighted by molar-refractivity contribution is 5.99. The number of aliphatic imine (C=N–C) groups is 1. The summed E-state index contributed by atoms with van der Waals surface area (Å²) in [6.07, 6.45) is 7.26. The van der Waals surface area contributed by atoms with Crippen LogP contribution in [0.25, 0.3) is 11.0 Å². The van der Waals surface area contributed by atoms with Crippen molar-refractivity contribution in [2.75, 3.05) is 45.4 Å². The summed E-state index contributed by atoms with van der Waals surface area (Å²) in [6, 6.07) is 8.56. The zero-order valence-corrected chi connectivity index (χ0v) is 17.1. The van der Waals surface area contributed by atoms with Crippen molar-refractivity contribution in [1.82, 2.24) is 24.7 Å². The van der Waals surface area contributed by atoms with E-state index in [9.17, 15) is 0 Å². The lowest BCUT2D eigenvalue weighted by atomic mass is 9.88. The molecule has 150 valence electrons. The molecule has 1 aliphatic carbocycles. The van der Waals surface area contributed by atoms with E-state index in [0.29, 0.717) is 0 Å². The largest absolute Gasteiger partial charge is 0.333 e. The number of aromatic nitrogens is 2. The minimum Gasteiger partial charge on any atom is -0.333 e. The molecule has 1 saturated carbocycles. The average Bonchev–Trinajstić information content (AvgIpc) is 3.10. The number of hydrogen-bond acceptors (Lipinski definition) is 6. The van der Waals surface area contributed by atoms with Crippen LogP contribution in [-0.2, 0) is 5.66 Å². The minimum absolute atomic E-state index is 0.0773. The second kappa shape index (κ2) is 7.04. The standard InChI is InChI=1S/C21H31N7/c1-25(2)13-8-14-26-15-22-19-24-21(11-6-3-7-12-21)28-18-10-5-4-9-17(18)23-20(28)27(19)16-26/h4-5,9-10H,3,6-8,11-16H2,1-2H3,(H,22,24). The van der Waals surface area contributed by atoms with Gasteiger partial charge in [0.05, 0.1) is 24.4 Å². The number of fused-ring (bicyclic) bond motifs is 6. The van der Waals surface area contributed by atoms with Gasteiger partial charge in [-0.15, -0.1) is 0 Å². The Hall–Kier alpha value is -2.12. The molecule has 3 aliphatic rings. The van der Waals surface area contributed by atoms with Crippen molar-refractivity contribution in [1.29, 1.82) is 0 Å². The summed E-state index contributed by atoms with van der Waals surface area (Å²) < 4.78 is 2.48. The van der Waals surface area contributed by atoms with Gasteiger partial charge in [0.15, 0.2) is 0 Å². The molecule has 3 heterocycles. The van der Waals surface area contributed by atoms with Crippen LogP contribution in [0.2, 0.25) is 0 Å². The van der Waals surface area contributed by atoms with Crippen LogP contribution in [0.4, 0.5) is 5.95 Å². The maximum absolute atomic E-state index is 5.06. The molecule has 0 radical (unpaired) electrons. The molecule has 0 bridgehead atoms. The molecule has 2 aromatic rings. The van der Waals surface area contributed by atoms with Crippen molar-refractivity contribution in [3.63, 3.8) is 0 Å². The molecular weight excluding hydrogens is 350 g/mol. The molecule has 1 fully saturated rings. The van der Waals surface area contributed by atoms with E-state index in [2.05, 4.69) is 62.9 Å². The van der Waals surface area contributed by atoms with E-state index in [4.69, 9.17) is 9.98 Å². The van der Waals surface area contributed by atoms with Crippen molar-refractivity contribution in [2.45, 2.75) is 44.2 Å². The lowest BCUT2D eigenvalue weighted by Crippen LogP contribution is -2.64. The number of rotatable bonds is 4. The van der Waals surface area contributed by atoms with E-state index in [1.54, 1.807) is 0 Å². The fourth-order valence-electron chi connectivity index (χ4n) is 4.95. The smallest absolute Gasteiger partial charge is 0.216 e. The van der Waals surface area contributed by atoms with Crippen molar-refractivity contribution >= 4 is 22.9 Å². The normalized spacial score (nSPS) is 21.5. The summed E-state index contributed by atoms with van der Waals surface area (Å²) in [7, 11) is 4.26. The molecule has 5 rings (SSSR count). The number of benzene rings is 1. The first-order chi connectivity index (χ1) is 13.7. The predicted octanol–water partition coefficient (Wildman–Crippen LogP) is 2.60. The van der Waals surface area contributed by atoms with Crippen molar-refractivity contribution < 1.29 is 0 Å². The van der Waals surface area contributed by atoms with Gasteiger partial charge >= 0.3 is 0 Å². The molecule has 1 N–H and O–H groups in total. The highest BCUT2D eigenvalue weighted by Gasteiger charge is 2.45. The lowest BCUT2D eigenvalue weighted by molar-refractivity contribution is 0.162. The number of anilines is 1. The van der Waals surface area contributed by atoms with Crippen LogP contribution in [0.15, 0.2) is 29.3 Å². The van der Waals surface area contributed by atoms with E-state index in [1.165, 1.54) is 24.8 Å². The van der Waals surface area contributed by atoms with Crippen LogP contribution in [0.5, 0.6) is 0 Å². The molecule has 0 unspecified atom stereocenters. The second-order valence-corrected chi connectivity index (χ2v) is 8.70. The van der Waals surface area contributed by atoms with Crippen LogP contribution >= 0.6 is 0 Å². The van der Waals surface area contributed by atoms with Crippen LogP contribution in [0.1, 0.15) is 38.5 Å². The van der Waals surface area contributed by atoms with E-state index in [1.807, 2.05) is 0 Å². The zero-order valence-electron chi connectivity index (χ0n) is 17.1. The predicted molar refractivity (Wildman–Crippen MR) is 113 cm³/mol. The van der Waals surface area contributed by atoms with Crippen molar-refractivity contribution in [3.05, 3.63) is 24.3 Å². The molecule has 0 saturated heterocycles. The van der Waals surface area contributed by atoms with Crippen LogP contribution < -0.4 is 10.2 Å². The molecule has 1 aromatic carbocycles. The number of guanidine groups is 1. The molecular formula is C21H31N7. The maximum atomic E-state index is 5.06. The number of hydrogen-bond donors (Lipinski definition) is 1. The topological polar surface area (TPSA) is 51.9 Å². The monoisotopic (exact) mass is 381 g/mol. The fourth-order valence-corrected chi connectivity index (χ4v) is 4.95. The highest BCUT2D eigenvalue weighted by Crippen LogP contribution is 2.41. The maximum Gasteiger partial charge on any atom is 0.216 e. The van der Waals surface area contributed by atoms with Crippen molar-refractivity contribution in [3.8, 4) is 0 Å². The Morgan fingerprint density at radius 3 is 2.79 bits per heavy atom. The van der Waals surface area contributed by atoms with Crippen molar-refractivity contribution in [2.24, 2.45) is 4.99 Å². The first-order valence-corrected chi connectivity index (χ1v) is 10.6. The lowest BCUT2D eigenvalue weighted by Gasteiger charge is -2.49. The number of nitrogens with zero attached hydrogens (tertiary/aromatic N) is 6. The van der Waals surface area contributed by atoms with Gasteiger partial charge in [0.2, 0.25) is 11.9 Å². The van der Waals surface area contributed by atoms with Gasteiger partial charge in [0.25, 0.3) is 0 Å². The summed E-state index contributed by atoms with van der Waals surface area (Å²) >= 11 is 0. The summed E-state index contributed by atoms with van der Waals surface area (Å²) in [5.74, 6) is 2.06. The van der Waals surface area contributed by atoms with Gasteiger partial charge in [-0.2, -0.15) is 0 Å². The third-order valence-corrected chi connectivity index (χ3v) is 6.33. The second-order valence-electron chi connectivity index (χ2n) is 8.70. The van der Waals surface area contributed by atoms with E-state index in [0.717, 1.165) is 63.1 Å². The Morgan fingerprint density at radius 2 is 1.96 bits per heavy atom. The Bertz CT molecular complexity index is 878. The number of imidazole rings is 1. The fraction of sp³-hybridized carbons (Fsp3) is 0.619. The van der Waals surface area contributed by atoms with E-state index >= 15 is 0 Å². The Morgan fingerprint density at radius 1 is 1.14 bits per heavy atom. The first-order valence-electron chi connectivity index (χ1n) is 10.6. The van der Waals surface area contributed by atoms with Crippen LogP contribution in [0.3, 0.4) is 0 Å². The third-order valence-electron chi connectivity index (χ3n) is 6.33. The quantitative estimate of drug-likeness (QED) is 0.882. The van der Waals surface area contributed by atoms with Gasteiger partial charge in [0, 0.05) is 6.54 Å². The van der Waals surface area contributed by atoms with Crippen LogP contribution in [-0.4, -0.2) is 65.8 Å². The number of nitrogens with one attached hydrogen (secondary N) is 1. The average molecular weight is 382 g/mol. The molecule has 7 nitrogen and oxygen atoms in total. The van der Waals surface area contributed by atoms with Gasteiger partial charge in [-0.05, 0) is 64.9 Å². The van der Waals surface area contributed by atoms with Gasteiger partial charge in [0.1, 0.15) is 5.66 Å². The summed E-state index contributed by atoms with van der Waals surface area (Å²) in [6.45, 7) is 3.77. The van der Waals surface area contributed by atoms with Gasteiger partial charge in [-0.1, -0.05) is 18.6 Å². The van der Waals surface area contributed by atoms with Gasteiger partial charge in [-0.3, -0.25) is 14.4 Å².